The fourth-order valence-corrected chi connectivity index (χ4v) is 2.90. The van der Waals surface area contributed by atoms with Gasteiger partial charge in [0.2, 0.25) is 5.91 Å². The number of aliphatic hydroxyl groups is 1. The number of amides is 1. The number of nitrogens with two attached hydrogens (primary N) is 1. The lowest BCUT2D eigenvalue weighted by Crippen LogP contribution is -2.30. The maximum atomic E-state index is 11.5. The van der Waals surface area contributed by atoms with E-state index in [4.69, 9.17) is 5.73 Å². The fourth-order valence-electron chi connectivity index (χ4n) is 2.90. The van der Waals surface area contributed by atoms with Crippen molar-refractivity contribution in [2.45, 2.75) is 45.6 Å². The molecular formula is C16H23NO2. The molecule has 3 unspecified atom stereocenters. The molecule has 0 aromatic heterocycles. The van der Waals surface area contributed by atoms with Gasteiger partial charge >= 0.3 is 0 Å². The maximum absolute atomic E-state index is 11.5. The lowest BCUT2D eigenvalue weighted by molar-refractivity contribution is -0.122. The highest BCUT2D eigenvalue weighted by Crippen LogP contribution is 2.37. The predicted molar refractivity (Wildman–Crippen MR) is 76.2 cm³/mol. The van der Waals surface area contributed by atoms with Crippen LogP contribution in [0.5, 0.6) is 0 Å². The third kappa shape index (κ3) is 2.66. The quantitative estimate of drug-likeness (QED) is 0.819. The summed E-state index contributed by atoms with van der Waals surface area (Å²) < 4.78 is 0. The van der Waals surface area contributed by atoms with Crippen LogP contribution in [0.25, 0.3) is 0 Å². The van der Waals surface area contributed by atoms with E-state index in [-0.39, 0.29) is 5.91 Å². The molecule has 0 aromatic carbocycles. The maximum Gasteiger partial charge on any atom is 0.231 e. The van der Waals surface area contributed by atoms with Crippen LogP contribution in [-0.2, 0) is 4.79 Å². The van der Waals surface area contributed by atoms with Gasteiger partial charge in [-0.2, -0.15) is 0 Å². The van der Waals surface area contributed by atoms with Crippen LogP contribution in [-0.4, -0.2) is 17.1 Å². The van der Waals surface area contributed by atoms with Crippen molar-refractivity contribution in [3.8, 4) is 0 Å². The first kappa shape index (κ1) is 14.1. The van der Waals surface area contributed by atoms with Crippen LogP contribution in [0, 0.1) is 11.3 Å². The summed E-state index contributed by atoms with van der Waals surface area (Å²) in [5, 5.41) is 10.5. The Hall–Kier alpha value is -1.35. The predicted octanol–water partition coefficient (Wildman–Crippen LogP) is 2.47. The standard InChI is InChI=1S/C16H23NO2/c1-3-4-12-6-5-11-7-9-16(2,15(17)19)10-8-13(11)14(12)18/h7-10,12,14,18H,3-6H2,1-2H3,(H2,17,19). The minimum atomic E-state index is -0.753. The van der Waals surface area contributed by atoms with E-state index in [0.717, 1.165) is 36.8 Å². The largest absolute Gasteiger partial charge is 0.388 e. The molecule has 19 heavy (non-hydrogen) atoms. The third-order valence-electron chi connectivity index (χ3n) is 4.35. The zero-order valence-corrected chi connectivity index (χ0v) is 11.7. The zero-order valence-electron chi connectivity index (χ0n) is 11.7. The van der Waals surface area contributed by atoms with Crippen molar-refractivity contribution in [3.63, 3.8) is 0 Å². The van der Waals surface area contributed by atoms with Crippen molar-refractivity contribution in [2.75, 3.05) is 0 Å². The van der Waals surface area contributed by atoms with Gasteiger partial charge in [0.25, 0.3) is 0 Å². The molecule has 0 radical (unpaired) electrons. The Morgan fingerprint density at radius 1 is 1.47 bits per heavy atom. The number of carbonyl (C=O) groups excluding carboxylic acids is 1. The summed E-state index contributed by atoms with van der Waals surface area (Å²) in [7, 11) is 0. The van der Waals surface area contributed by atoms with Crippen LogP contribution in [0.1, 0.15) is 39.5 Å². The molecule has 2 aliphatic rings. The highest BCUT2D eigenvalue weighted by Gasteiger charge is 2.31. The van der Waals surface area contributed by atoms with Crippen molar-refractivity contribution >= 4 is 5.91 Å². The number of hydrogen-bond donors (Lipinski definition) is 2. The van der Waals surface area contributed by atoms with Crippen molar-refractivity contribution < 1.29 is 9.90 Å². The van der Waals surface area contributed by atoms with E-state index >= 15 is 0 Å². The van der Waals surface area contributed by atoms with Crippen molar-refractivity contribution in [3.05, 3.63) is 35.5 Å². The number of primary amides is 1. The van der Waals surface area contributed by atoms with Crippen LogP contribution in [0.3, 0.4) is 0 Å². The molecule has 0 saturated carbocycles. The molecule has 0 fully saturated rings. The second kappa shape index (κ2) is 5.33. The molecule has 0 spiro atoms. The first-order valence-corrected chi connectivity index (χ1v) is 7.07. The summed E-state index contributed by atoms with van der Waals surface area (Å²) in [5.74, 6) is -0.0285. The molecular weight excluding hydrogens is 238 g/mol. The van der Waals surface area contributed by atoms with Gasteiger partial charge in [0, 0.05) is 0 Å². The van der Waals surface area contributed by atoms with Crippen LogP contribution in [0.2, 0.25) is 0 Å². The van der Waals surface area contributed by atoms with Crippen molar-refractivity contribution in [2.24, 2.45) is 17.1 Å². The third-order valence-corrected chi connectivity index (χ3v) is 4.35. The SMILES string of the molecule is CCCC1CCC2=C(C=CC(C)(C(N)=O)C=C2)C1O. The van der Waals surface area contributed by atoms with Crippen LogP contribution >= 0.6 is 0 Å². The van der Waals surface area contributed by atoms with Crippen molar-refractivity contribution in [1.82, 2.24) is 0 Å². The molecule has 3 N–H and O–H groups in total. The topological polar surface area (TPSA) is 63.3 Å². The minimum absolute atomic E-state index is 0.333. The molecule has 3 atom stereocenters. The fraction of sp³-hybridized carbons (Fsp3) is 0.562. The van der Waals surface area contributed by atoms with Gasteiger partial charge in [-0.05, 0) is 43.3 Å². The smallest absolute Gasteiger partial charge is 0.231 e. The summed E-state index contributed by atoms with van der Waals surface area (Å²) >= 11 is 0. The number of aliphatic hydroxyl groups excluding tert-OH is 1. The first-order chi connectivity index (χ1) is 8.98. The summed E-state index contributed by atoms with van der Waals surface area (Å²) in [6, 6.07) is 0. The molecule has 3 nitrogen and oxygen atoms in total. The number of hydrogen-bond acceptors (Lipinski definition) is 2. The second-order valence-electron chi connectivity index (χ2n) is 5.83. The van der Waals surface area contributed by atoms with Gasteiger partial charge in [-0.15, -0.1) is 0 Å². The Kier molecular flexibility index (Phi) is 3.95. The van der Waals surface area contributed by atoms with Gasteiger partial charge in [0.15, 0.2) is 0 Å². The Morgan fingerprint density at radius 2 is 2.16 bits per heavy atom. The molecule has 0 heterocycles. The summed E-state index contributed by atoms with van der Waals surface area (Å²) in [6.07, 6.45) is 11.2. The van der Waals surface area contributed by atoms with E-state index in [2.05, 4.69) is 6.92 Å². The van der Waals surface area contributed by atoms with Gasteiger partial charge in [0.1, 0.15) is 0 Å². The minimum Gasteiger partial charge on any atom is -0.388 e. The van der Waals surface area contributed by atoms with E-state index in [0.29, 0.717) is 5.92 Å². The molecule has 2 rings (SSSR count). The molecule has 3 heteroatoms. The lowest BCUT2D eigenvalue weighted by atomic mass is 9.79. The molecule has 0 saturated heterocycles. The molecule has 0 aromatic rings. The molecule has 0 bridgehead atoms. The van der Waals surface area contributed by atoms with Gasteiger partial charge in [-0.1, -0.05) is 37.6 Å². The first-order valence-electron chi connectivity index (χ1n) is 7.07. The van der Waals surface area contributed by atoms with E-state index in [1.54, 1.807) is 6.92 Å². The van der Waals surface area contributed by atoms with Crippen LogP contribution in [0.4, 0.5) is 0 Å². The van der Waals surface area contributed by atoms with Gasteiger partial charge in [-0.3, -0.25) is 4.79 Å². The highest BCUT2D eigenvalue weighted by atomic mass is 16.3. The average molecular weight is 261 g/mol. The Balaban J connectivity index is 2.29. The van der Waals surface area contributed by atoms with E-state index in [1.165, 1.54) is 0 Å². The number of rotatable bonds is 3. The zero-order chi connectivity index (χ0) is 14.0. The van der Waals surface area contributed by atoms with Crippen LogP contribution in [0.15, 0.2) is 35.5 Å². The highest BCUT2D eigenvalue weighted by molar-refractivity contribution is 5.85. The number of allylic oxidation sites excluding steroid dienone is 2. The average Bonchev–Trinajstić information content (AvgIpc) is 2.55. The van der Waals surface area contributed by atoms with Crippen LogP contribution < -0.4 is 5.73 Å². The molecule has 1 amide bonds. The van der Waals surface area contributed by atoms with E-state index in [9.17, 15) is 9.90 Å². The monoisotopic (exact) mass is 261 g/mol. The van der Waals surface area contributed by atoms with Gasteiger partial charge in [0.05, 0.1) is 11.5 Å². The molecule has 2 aliphatic carbocycles. The van der Waals surface area contributed by atoms with E-state index in [1.807, 2.05) is 24.3 Å². The normalized spacial score (nSPS) is 34.1. The van der Waals surface area contributed by atoms with Gasteiger partial charge in [-0.25, -0.2) is 0 Å². The Morgan fingerprint density at radius 3 is 2.79 bits per heavy atom. The second-order valence-corrected chi connectivity index (χ2v) is 5.83. The molecule has 0 aliphatic heterocycles. The summed E-state index contributed by atoms with van der Waals surface area (Å²) in [5.41, 5.74) is 6.80. The summed E-state index contributed by atoms with van der Waals surface area (Å²) in [6.45, 7) is 3.94. The molecule has 104 valence electrons. The number of carbonyl (C=O) groups is 1. The Bertz CT molecular complexity index is 461. The summed E-state index contributed by atoms with van der Waals surface area (Å²) in [4.78, 5) is 11.5. The Labute approximate surface area is 114 Å². The van der Waals surface area contributed by atoms with Crippen molar-refractivity contribution in [1.29, 1.82) is 0 Å². The van der Waals surface area contributed by atoms with E-state index < -0.39 is 11.5 Å². The lowest BCUT2D eigenvalue weighted by Gasteiger charge is -2.30. The van der Waals surface area contributed by atoms with Gasteiger partial charge < -0.3 is 10.8 Å².